The van der Waals surface area contributed by atoms with E-state index in [0.29, 0.717) is 11.6 Å². The Morgan fingerprint density at radius 2 is 2.18 bits per heavy atom. The van der Waals surface area contributed by atoms with Crippen LogP contribution < -0.4 is 10.6 Å². The van der Waals surface area contributed by atoms with E-state index in [0.717, 1.165) is 17.7 Å². The first-order valence-corrected chi connectivity index (χ1v) is 6.22. The van der Waals surface area contributed by atoms with E-state index in [1.165, 1.54) is 0 Å². The largest absolute Gasteiger partial charge is 0.374 e. The van der Waals surface area contributed by atoms with Gasteiger partial charge in [0.2, 0.25) is 5.91 Å². The molecule has 1 unspecified atom stereocenters. The zero-order chi connectivity index (χ0) is 12.8. The van der Waals surface area contributed by atoms with Crippen molar-refractivity contribution in [2.24, 2.45) is 0 Å². The second kappa shape index (κ2) is 6.50. The summed E-state index contributed by atoms with van der Waals surface area (Å²) in [6.45, 7) is 6.56. The first-order valence-electron chi connectivity index (χ1n) is 5.85. The minimum Gasteiger partial charge on any atom is -0.374 e. The number of hydrogen-bond acceptors (Lipinski definition) is 2. The molecule has 1 amide bonds. The highest BCUT2D eigenvalue weighted by molar-refractivity contribution is 6.30. The molecular weight excluding hydrogens is 236 g/mol. The second-order valence-electron chi connectivity index (χ2n) is 4.12. The van der Waals surface area contributed by atoms with Crippen LogP contribution in [0.2, 0.25) is 5.02 Å². The van der Waals surface area contributed by atoms with Gasteiger partial charge in [-0.1, -0.05) is 24.6 Å². The molecule has 4 heteroatoms. The number of carbonyl (C=O) groups excluding carboxylic acids is 1. The molecule has 0 saturated heterocycles. The molecule has 0 saturated carbocycles. The van der Waals surface area contributed by atoms with Crippen molar-refractivity contribution < 1.29 is 4.79 Å². The highest BCUT2D eigenvalue weighted by atomic mass is 35.5. The number of benzene rings is 1. The summed E-state index contributed by atoms with van der Waals surface area (Å²) in [5.74, 6) is 0.00576. The number of halogens is 1. The molecule has 94 valence electrons. The third-order valence-electron chi connectivity index (χ3n) is 2.51. The Morgan fingerprint density at radius 3 is 2.82 bits per heavy atom. The lowest BCUT2D eigenvalue weighted by molar-refractivity contribution is -0.121. The monoisotopic (exact) mass is 254 g/mol. The van der Waals surface area contributed by atoms with Crippen LogP contribution in [0.15, 0.2) is 18.2 Å². The Bertz CT molecular complexity index is 393. The van der Waals surface area contributed by atoms with Gasteiger partial charge in [0, 0.05) is 17.3 Å². The average Bonchev–Trinajstić information content (AvgIpc) is 2.30. The highest BCUT2D eigenvalue weighted by Gasteiger charge is 2.12. The Kier molecular flexibility index (Phi) is 5.29. The van der Waals surface area contributed by atoms with Gasteiger partial charge in [-0.25, -0.2) is 0 Å². The van der Waals surface area contributed by atoms with Crippen LogP contribution in [0.5, 0.6) is 0 Å². The molecule has 1 atom stereocenters. The number of rotatable bonds is 5. The topological polar surface area (TPSA) is 41.1 Å². The van der Waals surface area contributed by atoms with Crippen LogP contribution in [-0.2, 0) is 4.79 Å². The van der Waals surface area contributed by atoms with Crippen LogP contribution in [0.25, 0.3) is 0 Å². The number of nitrogens with one attached hydrogen (secondary N) is 2. The smallest absolute Gasteiger partial charge is 0.242 e. The number of amides is 1. The summed E-state index contributed by atoms with van der Waals surface area (Å²) in [6, 6.07) is 5.34. The van der Waals surface area contributed by atoms with Gasteiger partial charge in [0.15, 0.2) is 0 Å². The molecule has 3 nitrogen and oxygen atoms in total. The van der Waals surface area contributed by atoms with Crippen LogP contribution >= 0.6 is 11.6 Å². The van der Waals surface area contributed by atoms with Crippen molar-refractivity contribution in [2.45, 2.75) is 33.2 Å². The van der Waals surface area contributed by atoms with E-state index in [1.54, 1.807) is 0 Å². The number of anilines is 1. The first kappa shape index (κ1) is 13.8. The fourth-order valence-electron chi connectivity index (χ4n) is 1.45. The van der Waals surface area contributed by atoms with Crippen LogP contribution in [0.3, 0.4) is 0 Å². The normalized spacial score (nSPS) is 12.0. The van der Waals surface area contributed by atoms with Crippen LogP contribution in [0.4, 0.5) is 5.69 Å². The summed E-state index contributed by atoms with van der Waals surface area (Å²) in [4.78, 5) is 11.7. The number of aryl methyl sites for hydroxylation is 1. The summed E-state index contributed by atoms with van der Waals surface area (Å²) < 4.78 is 0. The van der Waals surface area contributed by atoms with Gasteiger partial charge in [0.25, 0.3) is 0 Å². The van der Waals surface area contributed by atoms with E-state index in [-0.39, 0.29) is 11.9 Å². The quantitative estimate of drug-likeness (QED) is 0.848. The van der Waals surface area contributed by atoms with E-state index in [9.17, 15) is 4.79 Å². The SMILES string of the molecule is CCCNC(=O)C(C)Nc1cc(Cl)ccc1C. The predicted octanol–water partition coefficient (Wildman–Crippen LogP) is 2.98. The molecule has 0 radical (unpaired) electrons. The summed E-state index contributed by atoms with van der Waals surface area (Å²) in [6.07, 6.45) is 0.939. The van der Waals surface area contributed by atoms with Gasteiger partial charge in [-0.05, 0) is 38.0 Å². The molecule has 0 heterocycles. The maximum Gasteiger partial charge on any atom is 0.242 e. The van der Waals surface area contributed by atoms with Gasteiger partial charge in [0.05, 0.1) is 0 Å². The summed E-state index contributed by atoms with van der Waals surface area (Å²) in [7, 11) is 0. The minimum absolute atomic E-state index is 0.00576. The molecule has 0 aliphatic heterocycles. The van der Waals surface area contributed by atoms with Crippen LogP contribution in [0, 0.1) is 6.92 Å². The van der Waals surface area contributed by atoms with Crippen molar-refractivity contribution in [1.82, 2.24) is 5.32 Å². The van der Waals surface area contributed by atoms with E-state index in [2.05, 4.69) is 10.6 Å². The van der Waals surface area contributed by atoms with E-state index in [1.807, 2.05) is 39.0 Å². The van der Waals surface area contributed by atoms with Gasteiger partial charge >= 0.3 is 0 Å². The van der Waals surface area contributed by atoms with Gasteiger partial charge in [-0.3, -0.25) is 4.79 Å². The fraction of sp³-hybridized carbons (Fsp3) is 0.462. The third-order valence-corrected chi connectivity index (χ3v) is 2.75. The molecule has 1 rings (SSSR count). The zero-order valence-corrected chi connectivity index (χ0v) is 11.3. The van der Waals surface area contributed by atoms with Crippen molar-refractivity contribution in [3.63, 3.8) is 0 Å². The molecule has 0 bridgehead atoms. The zero-order valence-electron chi connectivity index (χ0n) is 10.5. The van der Waals surface area contributed by atoms with Crippen molar-refractivity contribution in [2.75, 3.05) is 11.9 Å². The Morgan fingerprint density at radius 1 is 1.47 bits per heavy atom. The van der Waals surface area contributed by atoms with Gasteiger partial charge in [0.1, 0.15) is 6.04 Å². The highest BCUT2D eigenvalue weighted by Crippen LogP contribution is 2.20. The Hall–Kier alpha value is -1.22. The molecule has 1 aromatic rings. The van der Waals surface area contributed by atoms with E-state index >= 15 is 0 Å². The Balaban J connectivity index is 2.64. The van der Waals surface area contributed by atoms with Gasteiger partial charge in [-0.15, -0.1) is 0 Å². The van der Waals surface area contributed by atoms with Gasteiger partial charge in [-0.2, -0.15) is 0 Å². The molecule has 0 aromatic heterocycles. The Labute approximate surface area is 108 Å². The molecule has 17 heavy (non-hydrogen) atoms. The van der Waals surface area contributed by atoms with Crippen LogP contribution in [-0.4, -0.2) is 18.5 Å². The number of hydrogen-bond donors (Lipinski definition) is 2. The second-order valence-corrected chi connectivity index (χ2v) is 4.55. The summed E-state index contributed by atoms with van der Waals surface area (Å²) >= 11 is 5.92. The summed E-state index contributed by atoms with van der Waals surface area (Å²) in [5, 5.41) is 6.68. The van der Waals surface area contributed by atoms with Crippen molar-refractivity contribution in [3.05, 3.63) is 28.8 Å². The molecule has 0 spiro atoms. The molecule has 2 N–H and O–H groups in total. The first-order chi connectivity index (χ1) is 8.04. The molecule has 0 aliphatic rings. The maximum atomic E-state index is 11.7. The molecular formula is C13H19ClN2O. The molecule has 1 aromatic carbocycles. The van der Waals surface area contributed by atoms with E-state index < -0.39 is 0 Å². The van der Waals surface area contributed by atoms with Crippen molar-refractivity contribution in [1.29, 1.82) is 0 Å². The van der Waals surface area contributed by atoms with Crippen molar-refractivity contribution >= 4 is 23.2 Å². The van der Waals surface area contributed by atoms with Crippen LogP contribution in [0.1, 0.15) is 25.8 Å². The standard InChI is InChI=1S/C13H19ClN2O/c1-4-7-15-13(17)10(3)16-12-8-11(14)6-5-9(12)2/h5-6,8,10,16H,4,7H2,1-3H3,(H,15,17). The predicted molar refractivity (Wildman–Crippen MR) is 72.6 cm³/mol. The minimum atomic E-state index is -0.265. The summed E-state index contributed by atoms with van der Waals surface area (Å²) in [5.41, 5.74) is 1.97. The lowest BCUT2D eigenvalue weighted by atomic mass is 10.2. The molecule has 0 aliphatic carbocycles. The third kappa shape index (κ3) is 4.27. The average molecular weight is 255 g/mol. The van der Waals surface area contributed by atoms with Crippen molar-refractivity contribution in [3.8, 4) is 0 Å². The fourth-order valence-corrected chi connectivity index (χ4v) is 1.62. The number of carbonyl (C=O) groups is 1. The maximum absolute atomic E-state index is 11.7. The van der Waals surface area contributed by atoms with Gasteiger partial charge < -0.3 is 10.6 Å². The van der Waals surface area contributed by atoms with E-state index in [4.69, 9.17) is 11.6 Å². The lowest BCUT2D eigenvalue weighted by Gasteiger charge is -2.16. The lowest BCUT2D eigenvalue weighted by Crippen LogP contribution is -2.38. The molecule has 0 fully saturated rings.